The minimum absolute atomic E-state index is 0.635. The number of fused-ring (bicyclic) bond motifs is 5. The number of hydrogen-bond donors (Lipinski definition) is 0. The topological polar surface area (TPSA) is 19.6 Å². The molecule has 0 aliphatic heterocycles. The molecule has 0 fully saturated rings. The van der Waals surface area contributed by atoms with E-state index >= 15 is 0 Å². The second-order valence-electron chi connectivity index (χ2n) is 13.7. The molecule has 1 heterocycles. The van der Waals surface area contributed by atoms with Gasteiger partial charge in [-0.1, -0.05) is 140 Å². The molecular formula is C51H36N2O. The van der Waals surface area contributed by atoms with Crippen LogP contribution in [0.25, 0.3) is 22.3 Å². The highest BCUT2D eigenvalue weighted by Crippen LogP contribution is 2.60. The standard InChI is InChI=1S/C51H36N2O/c1-7-19-37(20-8-1)51(38-21-9-2-10-22-38)47-33-31-43(52(39-23-11-3-12-24-39)40-25-13-4-14-26-40)35-45(47)50-49(51)46-36-44(32-34-48(46)54-50)53(41-27-15-5-16-28-41)42-29-17-6-18-30-42/h1-36H. The Kier molecular flexibility index (Phi) is 7.70. The molecule has 3 heteroatoms. The molecular weight excluding hydrogens is 657 g/mol. The Labute approximate surface area is 315 Å². The second-order valence-corrected chi connectivity index (χ2v) is 13.7. The second kappa shape index (κ2) is 13.1. The first-order chi connectivity index (χ1) is 26.8. The number of hydrogen-bond acceptors (Lipinski definition) is 3. The van der Waals surface area contributed by atoms with Crippen LogP contribution in [0.15, 0.2) is 223 Å². The Morgan fingerprint density at radius 2 is 0.741 bits per heavy atom. The highest BCUT2D eigenvalue weighted by atomic mass is 16.3. The van der Waals surface area contributed by atoms with Crippen molar-refractivity contribution in [1.82, 2.24) is 0 Å². The van der Waals surface area contributed by atoms with Crippen LogP contribution in [0.1, 0.15) is 22.3 Å². The molecule has 0 bridgehead atoms. The summed E-state index contributed by atoms with van der Waals surface area (Å²) in [5.41, 5.74) is 12.6. The average Bonchev–Trinajstić information content (AvgIpc) is 3.76. The van der Waals surface area contributed by atoms with Crippen LogP contribution in [0.3, 0.4) is 0 Å². The lowest BCUT2D eigenvalue weighted by molar-refractivity contribution is 0.628. The summed E-state index contributed by atoms with van der Waals surface area (Å²) in [7, 11) is 0. The van der Waals surface area contributed by atoms with Gasteiger partial charge in [-0.05, 0) is 95.6 Å². The fourth-order valence-electron chi connectivity index (χ4n) is 8.45. The van der Waals surface area contributed by atoms with Gasteiger partial charge in [0.15, 0.2) is 0 Å². The van der Waals surface area contributed by atoms with Crippen LogP contribution in [-0.2, 0) is 5.41 Å². The van der Waals surface area contributed by atoms with Crippen LogP contribution in [-0.4, -0.2) is 0 Å². The van der Waals surface area contributed by atoms with Gasteiger partial charge in [0, 0.05) is 50.6 Å². The number of anilines is 6. The summed E-state index contributed by atoms with van der Waals surface area (Å²) < 4.78 is 7.09. The van der Waals surface area contributed by atoms with Crippen molar-refractivity contribution in [2.24, 2.45) is 0 Å². The molecule has 1 aliphatic rings. The molecule has 3 nitrogen and oxygen atoms in total. The largest absolute Gasteiger partial charge is 0.456 e. The Balaban J connectivity index is 1.27. The van der Waals surface area contributed by atoms with Crippen molar-refractivity contribution in [2.45, 2.75) is 5.41 Å². The van der Waals surface area contributed by atoms with Crippen LogP contribution in [0.5, 0.6) is 0 Å². The Morgan fingerprint density at radius 1 is 0.352 bits per heavy atom. The fourth-order valence-corrected chi connectivity index (χ4v) is 8.45. The van der Waals surface area contributed by atoms with E-state index in [1.54, 1.807) is 0 Å². The van der Waals surface area contributed by atoms with Crippen LogP contribution >= 0.6 is 0 Å². The van der Waals surface area contributed by atoms with Gasteiger partial charge in [-0.3, -0.25) is 0 Å². The Hall–Kier alpha value is -7.10. The van der Waals surface area contributed by atoms with Gasteiger partial charge in [0.2, 0.25) is 0 Å². The number of benzene rings is 8. The molecule has 0 saturated carbocycles. The molecule has 9 aromatic rings. The molecule has 0 saturated heterocycles. The Morgan fingerprint density at radius 3 is 1.19 bits per heavy atom. The van der Waals surface area contributed by atoms with Crippen LogP contribution in [0.4, 0.5) is 34.1 Å². The molecule has 10 rings (SSSR count). The number of para-hydroxylation sites is 4. The van der Waals surface area contributed by atoms with E-state index in [0.29, 0.717) is 0 Å². The SMILES string of the molecule is c1ccc(N(c2ccccc2)c2ccc3c(c2)-c2oc4ccc(N(c5ccccc5)c5ccccc5)cc4c2C3(c2ccccc2)c2ccccc2)cc1. The van der Waals surface area contributed by atoms with E-state index in [1.807, 2.05) is 0 Å². The van der Waals surface area contributed by atoms with Gasteiger partial charge in [0.25, 0.3) is 0 Å². The maximum atomic E-state index is 7.09. The lowest BCUT2D eigenvalue weighted by atomic mass is 9.67. The van der Waals surface area contributed by atoms with Gasteiger partial charge in [0.05, 0.1) is 5.41 Å². The predicted molar refractivity (Wildman–Crippen MR) is 223 cm³/mol. The summed E-state index contributed by atoms with van der Waals surface area (Å²) in [6, 6.07) is 77.8. The molecule has 0 spiro atoms. The van der Waals surface area contributed by atoms with Crippen LogP contribution in [0, 0.1) is 0 Å². The van der Waals surface area contributed by atoms with Crippen molar-refractivity contribution in [3.8, 4) is 11.3 Å². The van der Waals surface area contributed by atoms with E-state index in [-0.39, 0.29) is 0 Å². The zero-order valence-corrected chi connectivity index (χ0v) is 29.6. The molecule has 256 valence electrons. The van der Waals surface area contributed by atoms with Crippen molar-refractivity contribution < 1.29 is 4.42 Å². The van der Waals surface area contributed by atoms with Crippen molar-refractivity contribution in [3.63, 3.8) is 0 Å². The summed E-state index contributed by atoms with van der Waals surface area (Å²) in [6.45, 7) is 0. The maximum absolute atomic E-state index is 7.09. The van der Waals surface area contributed by atoms with E-state index in [2.05, 4.69) is 228 Å². The minimum atomic E-state index is -0.635. The molecule has 1 aromatic heterocycles. The van der Waals surface area contributed by atoms with Gasteiger partial charge in [-0.25, -0.2) is 0 Å². The zero-order valence-electron chi connectivity index (χ0n) is 29.6. The lowest BCUT2D eigenvalue weighted by Crippen LogP contribution is -2.28. The molecule has 0 unspecified atom stereocenters. The summed E-state index contributed by atoms with van der Waals surface area (Å²) in [6.07, 6.45) is 0. The summed E-state index contributed by atoms with van der Waals surface area (Å²) in [5, 5.41) is 1.09. The van der Waals surface area contributed by atoms with Crippen molar-refractivity contribution in [1.29, 1.82) is 0 Å². The Bertz CT molecular complexity index is 2570. The minimum Gasteiger partial charge on any atom is -0.456 e. The summed E-state index contributed by atoms with van der Waals surface area (Å²) in [5.74, 6) is 0.902. The first-order valence-corrected chi connectivity index (χ1v) is 18.4. The molecule has 0 N–H and O–H groups in total. The quantitative estimate of drug-likeness (QED) is 0.158. The highest BCUT2D eigenvalue weighted by Gasteiger charge is 2.50. The van der Waals surface area contributed by atoms with E-state index in [1.165, 1.54) is 16.7 Å². The van der Waals surface area contributed by atoms with E-state index in [0.717, 1.165) is 62.0 Å². The fraction of sp³-hybridized carbons (Fsp3) is 0.0196. The normalized spacial score (nSPS) is 12.6. The highest BCUT2D eigenvalue weighted by molar-refractivity contribution is 6.00. The van der Waals surface area contributed by atoms with Crippen molar-refractivity contribution in [3.05, 3.63) is 241 Å². The monoisotopic (exact) mass is 692 g/mol. The van der Waals surface area contributed by atoms with Gasteiger partial charge in [-0.2, -0.15) is 0 Å². The van der Waals surface area contributed by atoms with E-state index < -0.39 is 5.41 Å². The number of nitrogens with zero attached hydrogens (tertiary/aromatic N) is 2. The zero-order chi connectivity index (χ0) is 35.9. The van der Waals surface area contributed by atoms with Gasteiger partial charge in [0.1, 0.15) is 11.3 Å². The molecule has 8 aromatic carbocycles. The third-order valence-corrected chi connectivity index (χ3v) is 10.7. The third-order valence-electron chi connectivity index (χ3n) is 10.7. The summed E-state index contributed by atoms with van der Waals surface area (Å²) in [4.78, 5) is 4.65. The van der Waals surface area contributed by atoms with Crippen LogP contribution in [0.2, 0.25) is 0 Å². The smallest absolute Gasteiger partial charge is 0.140 e. The maximum Gasteiger partial charge on any atom is 0.140 e. The number of rotatable bonds is 8. The number of furan rings is 1. The lowest BCUT2D eigenvalue weighted by Gasteiger charge is -2.34. The molecule has 0 atom stereocenters. The van der Waals surface area contributed by atoms with E-state index in [9.17, 15) is 0 Å². The van der Waals surface area contributed by atoms with Crippen LogP contribution < -0.4 is 9.80 Å². The third kappa shape index (κ3) is 5.05. The average molecular weight is 693 g/mol. The van der Waals surface area contributed by atoms with E-state index in [4.69, 9.17) is 4.42 Å². The van der Waals surface area contributed by atoms with Gasteiger partial charge < -0.3 is 14.2 Å². The van der Waals surface area contributed by atoms with Crippen molar-refractivity contribution >= 4 is 45.1 Å². The molecule has 0 amide bonds. The first-order valence-electron chi connectivity index (χ1n) is 18.4. The van der Waals surface area contributed by atoms with Gasteiger partial charge >= 0.3 is 0 Å². The molecule has 54 heavy (non-hydrogen) atoms. The van der Waals surface area contributed by atoms with Gasteiger partial charge in [-0.15, -0.1) is 0 Å². The summed E-state index contributed by atoms with van der Waals surface area (Å²) >= 11 is 0. The molecule has 0 radical (unpaired) electrons. The first kappa shape index (κ1) is 31.6. The predicted octanol–water partition coefficient (Wildman–Crippen LogP) is 13.7. The molecule has 1 aliphatic carbocycles. The van der Waals surface area contributed by atoms with Crippen molar-refractivity contribution in [2.75, 3.05) is 9.80 Å².